The molecule has 2 nitrogen and oxygen atoms in total. The van der Waals surface area contributed by atoms with Gasteiger partial charge in [-0.1, -0.05) is 11.8 Å². The average Bonchev–Trinajstić information content (AvgIpc) is 2.14. The maximum Gasteiger partial charge on any atom is 0.257 e. The lowest BCUT2D eigenvalue weighted by Gasteiger charge is -1.83. The first-order valence-electron chi connectivity index (χ1n) is 2.11. The highest BCUT2D eigenvalue weighted by Crippen LogP contribution is 2.19. The molecule has 0 saturated carbocycles. The third kappa shape index (κ3) is 1.26. The zero-order valence-corrected chi connectivity index (χ0v) is 6.01. The molecule has 44 valence electrons. The average molecular weight is 147 g/mol. The number of amides is 1. The molecule has 0 bridgehead atoms. The Morgan fingerprint density at radius 1 is 1.88 bits per heavy atom. The van der Waals surface area contributed by atoms with Gasteiger partial charge in [0.05, 0.1) is 5.75 Å². The van der Waals surface area contributed by atoms with Gasteiger partial charge in [-0.3, -0.25) is 4.79 Å². The van der Waals surface area contributed by atoms with Crippen LogP contribution in [0.15, 0.2) is 4.99 Å². The van der Waals surface area contributed by atoms with Crippen LogP contribution in [0.1, 0.15) is 0 Å². The molecule has 0 aromatic carbocycles. The summed E-state index contributed by atoms with van der Waals surface area (Å²) in [7, 11) is 0. The number of nitrogens with zero attached hydrogens (tertiary/aromatic N) is 1. The minimum Gasteiger partial charge on any atom is -0.272 e. The Labute approximate surface area is 56.1 Å². The van der Waals surface area contributed by atoms with Crippen molar-refractivity contribution >= 4 is 33.8 Å². The van der Waals surface area contributed by atoms with Gasteiger partial charge in [-0.15, -0.1) is 11.8 Å². The molecule has 0 aromatic rings. The highest BCUT2D eigenvalue weighted by atomic mass is 32.2. The van der Waals surface area contributed by atoms with Crippen LogP contribution < -0.4 is 0 Å². The van der Waals surface area contributed by atoms with Crippen molar-refractivity contribution in [1.29, 1.82) is 0 Å². The lowest BCUT2D eigenvalue weighted by molar-refractivity contribution is -0.115. The number of hydrogen-bond donors (Lipinski definition) is 0. The summed E-state index contributed by atoms with van der Waals surface area (Å²) in [4.78, 5) is 14.1. The zero-order chi connectivity index (χ0) is 5.98. The molecular weight excluding hydrogens is 142 g/mol. The summed E-state index contributed by atoms with van der Waals surface area (Å²) in [5.74, 6) is 0.537. The Balaban J connectivity index is 2.57. The van der Waals surface area contributed by atoms with Gasteiger partial charge < -0.3 is 0 Å². The van der Waals surface area contributed by atoms with Gasteiger partial charge in [0.15, 0.2) is 0 Å². The van der Waals surface area contributed by atoms with E-state index >= 15 is 0 Å². The van der Waals surface area contributed by atoms with Crippen molar-refractivity contribution in [2.45, 2.75) is 0 Å². The van der Waals surface area contributed by atoms with Crippen LogP contribution in [-0.4, -0.2) is 22.3 Å². The topological polar surface area (TPSA) is 29.4 Å². The van der Waals surface area contributed by atoms with Gasteiger partial charge in [0.2, 0.25) is 0 Å². The van der Waals surface area contributed by atoms with Gasteiger partial charge in [-0.2, -0.15) is 4.99 Å². The molecule has 4 heteroatoms. The van der Waals surface area contributed by atoms with Crippen LogP contribution in [0.5, 0.6) is 0 Å². The summed E-state index contributed by atoms with van der Waals surface area (Å²) in [6, 6.07) is 0. The van der Waals surface area contributed by atoms with Crippen LogP contribution in [0.2, 0.25) is 0 Å². The van der Waals surface area contributed by atoms with Gasteiger partial charge in [0.25, 0.3) is 5.91 Å². The van der Waals surface area contributed by atoms with E-state index in [-0.39, 0.29) is 5.91 Å². The van der Waals surface area contributed by atoms with Gasteiger partial charge in [0, 0.05) is 0 Å². The zero-order valence-electron chi connectivity index (χ0n) is 4.38. The van der Waals surface area contributed by atoms with E-state index in [2.05, 4.69) is 4.99 Å². The van der Waals surface area contributed by atoms with E-state index in [1.807, 2.05) is 6.26 Å². The fourth-order valence-corrected chi connectivity index (χ4v) is 1.71. The van der Waals surface area contributed by atoms with Crippen molar-refractivity contribution in [2.75, 3.05) is 12.0 Å². The van der Waals surface area contributed by atoms with Crippen molar-refractivity contribution in [3.8, 4) is 0 Å². The number of rotatable bonds is 0. The van der Waals surface area contributed by atoms with E-state index in [0.29, 0.717) is 5.75 Å². The van der Waals surface area contributed by atoms with Gasteiger partial charge in [0.1, 0.15) is 4.38 Å². The van der Waals surface area contributed by atoms with Crippen LogP contribution in [0.3, 0.4) is 0 Å². The first-order chi connectivity index (χ1) is 3.83. The molecule has 0 fully saturated rings. The summed E-state index contributed by atoms with van der Waals surface area (Å²) in [6.07, 6.45) is 1.92. The number of carbonyl (C=O) groups excluding carboxylic acids is 1. The summed E-state index contributed by atoms with van der Waals surface area (Å²) < 4.78 is 0.898. The van der Waals surface area contributed by atoms with Gasteiger partial charge >= 0.3 is 0 Å². The molecule has 0 radical (unpaired) electrons. The monoisotopic (exact) mass is 147 g/mol. The SMILES string of the molecule is CSC1=NC(=O)CS1. The molecule has 0 saturated heterocycles. The summed E-state index contributed by atoms with van der Waals surface area (Å²) in [6.45, 7) is 0. The second-order valence-electron chi connectivity index (χ2n) is 1.26. The van der Waals surface area contributed by atoms with E-state index in [9.17, 15) is 4.79 Å². The maximum absolute atomic E-state index is 10.4. The predicted octanol–water partition coefficient (Wildman–Crippen LogP) is 0.979. The Hall–Kier alpha value is 0.0400. The number of carbonyl (C=O) groups is 1. The smallest absolute Gasteiger partial charge is 0.257 e. The fourth-order valence-electron chi connectivity index (χ4n) is 0.394. The van der Waals surface area contributed by atoms with E-state index in [4.69, 9.17) is 0 Å². The quantitative estimate of drug-likeness (QED) is 0.511. The van der Waals surface area contributed by atoms with Gasteiger partial charge in [-0.05, 0) is 6.26 Å². The third-order valence-electron chi connectivity index (χ3n) is 0.710. The van der Waals surface area contributed by atoms with Crippen LogP contribution in [0.4, 0.5) is 0 Å². The minimum atomic E-state index is -0.000602. The van der Waals surface area contributed by atoms with Crippen molar-refractivity contribution < 1.29 is 4.79 Å². The highest BCUT2D eigenvalue weighted by molar-refractivity contribution is 8.39. The van der Waals surface area contributed by atoms with Crippen LogP contribution in [0.25, 0.3) is 0 Å². The molecule has 8 heavy (non-hydrogen) atoms. The summed E-state index contributed by atoms with van der Waals surface area (Å²) in [5, 5.41) is 0. The van der Waals surface area contributed by atoms with Crippen molar-refractivity contribution in [3.63, 3.8) is 0 Å². The summed E-state index contributed by atoms with van der Waals surface area (Å²) in [5.41, 5.74) is 0. The number of aliphatic imine (C=N–C) groups is 1. The molecule has 1 aliphatic heterocycles. The lowest BCUT2D eigenvalue weighted by atomic mass is 10.8. The van der Waals surface area contributed by atoms with Crippen LogP contribution in [0, 0.1) is 0 Å². The normalized spacial score (nSPS) is 19.1. The Morgan fingerprint density at radius 2 is 2.62 bits per heavy atom. The Morgan fingerprint density at radius 3 is 2.88 bits per heavy atom. The highest BCUT2D eigenvalue weighted by Gasteiger charge is 2.12. The molecule has 0 aromatic heterocycles. The molecular formula is C4H5NOS2. The minimum absolute atomic E-state index is 0.000602. The van der Waals surface area contributed by atoms with E-state index in [1.54, 1.807) is 0 Å². The molecule has 0 unspecified atom stereocenters. The number of hydrogen-bond acceptors (Lipinski definition) is 3. The van der Waals surface area contributed by atoms with Crippen molar-refractivity contribution in [2.24, 2.45) is 4.99 Å². The van der Waals surface area contributed by atoms with Gasteiger partial charge in [-0.25, -0.2) is 0 Å². The van der Waals surface area contributed by atoms with Crippen molar-refractivity contribution in [1.82, 2.24) is 0 Å². The molecule has 0 N–H and O–H groups in total. The molecule has 0 atom stereocenters. The van der Waals surface area contributed by atoms with Crippen LogP contribution >= 0.6 is 23.5 Å². The predicted molar refractivity (Wildman–Crippen MR) is 38.4 cm³/mol. The number of thioether (sulfide) groups is 2. The maximum atomic E-state index is 10.4. The first-order valence-corrected chi connectivity index (χ1v) is 4.32. The standard InChI is InChI=1S/C4H5NOS2/c1-7-4-5-3(6)2-8-4/h2H2,1H3. The molecule has 1 aliphatic rings. The molecule has 1 heterocycles. The Bertz CT molecular complexity index is 143. The van der Waals surface area contributed by atoms with E-state index in [0.717, 1.165) is 4.38 Å². The second kappa shape index (κ2) is 2.55. The second-order valence-corrected chi connectivity index (χ2v) is 3.28. The molecule has 0 spiro atoms. The first kappa shape index (κ1) is 6.16. The van der Waals surface area contributed by atoms with Crippen LogP contribution in [-0.2, 0) is 4.79 Å². The summed E-state index contributed by atoms with van der Waals surface area (Å²) >= 11 is 3.04. The van der Waals surface area contributed by atoms with E-state index < -0.39 is 0 Å². The lowest BCUT2D eigenvalue weighted by Crippen LogP contribution is -1.86. The fraction of sp³-hybridized carbons (Fsp3) is 0.500. The largest absolute Gasteiger partial charge is 0.272 e. The molecule has 0 aliphatic carbocycles. The molecule has 1 amide bonds. The molecule has 1 rings (SSSR count). The Kier molecular flexibility index (Phi) is 1.96. The third-order valence-corrected chi connectivity index (χ3v) is 2.73. The van der Waals surface area contributed by atoms with E-state index in [1.165, 1.54) is 23.5 Å². The van der Waals surface area contributed by atoms with Crippen molar-refractivity contribution in [3.05, 3.63) is 0 Å².